The number of nitrogens with zero attached hydrogens (tertiary/aromatic N) is 2. The molecule has 2 aliphatic heterocycles. The molecule has 0 bridgehead atoms. The zero-order chi connectivity index (χ0) is 14.7. The lowest BCUT2D eigenvalue weighted by molar-refractivity contribution is 0.0893. The fourth-order valence-electron chi connectivity index (χ4n) is 3.65. The highest BCUT2D eigenvalue weighted by Gasteiger charge is 2.25. The van der Waals surface area contributed by atoms with Crippen LogP contribution in [0.3, 0.4) is 0 Å². The van der Waals surface area contributed by atoms with Gasteiger partial charge < -0.3 is 10.0 Å². The topological polar surface area (TPSA) is 26.7 Å². The number of aromatic hydroxyl groups is 1. The number of phenolic OH excluding ortho intramolecular Hbond substituents is 1. The van der Waals surface area contributed by atoms with Gasteiger partial charge in [-0.25, -0.2) is 4.39 Å². The van der Waals surface area contributed by atoms with Crippen molar-refractivity contribution in [3.05, 3.63) is 29.6 Å². The molecule has 0 spiro atoms. The molecule has 1 N–H and O–H groups in total. The Hall–Kier alpha value is -1.13. The standard InChI is InChI=1S/C17H25FN2O/c18-15-4-5-17(21)14(12-15)13-19-10-6-16(7-11-19)20-8-2-1-3-9-20/h4-5,12,16,21H,1-3,6-11,13H2. The van der Waals surface area contributed by atoms with Crippen LogP contribution in [0.25, 0.3) is 0 Å². The van der Waals surface area contributed by atoms with Crippen LogP contribution >= 0.6 is 0 Å². The number of hydrogen-bond acceptors (Lipinski definition) is 3. The summed E-state index contributed by atoms with van der Waals surface area (Å²) in [4.78, 5) is 4.98. The molecule has 3 rings (SSSR count). The molecule has 21 heavy (non-hydrogen) atoms. The van der Waals surface area contributed by atoms with Gasteiger partial charge in [-0.1, -0.05) is 6.42 Å². The highest BCUT2D eigenvalue weighted by molar-refractivity contribution is 5.32. The van der Waals surface area contributed by atoms with Gasteiger partial charge in [0.05, 0.1) is 0 Å². The molecule has 2 fully saturated rings. The average Bonchev–Trinajstić information content (AvgIpc) is 2.53. The van der Waals surface area contributed by atoms with Crippen LogP contribution in [0.15, 0.2) is 18.2 Å². The maximum atomic E-state index is 13.3. The Bertz CT molecular complexity index is 466. The van der Waals surface area contributed by atoms with Crippen LogP contribution in [0.1, 0.15) is 37.7 Å². The molecule has 0 unspecified atom stereocenters. The second-order valence-electron chi connectivity index (χ2n) is 6.38. The number of benzene rings is 1. The summed E-state index contributed by atoms with van der Waals surface area (Å²) in [6, 6.07) is 4.93. The van der Waals surface area contributed by atoms with Crippen LogP contribution < -0.4 is 0 Å². The van der Waals surface area contributed by atoms with Crippen LogP contribution in [0.5, 0.6) is 5.75 Å². The number of likely N-dealkylation sites (tertiary alicyclic amines) is 2. The molecule has 2 heterocycles. The van der Waals surface area contributed by atoms with Crippen molar-refractivity contribution in [2.75, 3.05) is 26.2 Å². The Balaban J connectivity index is 1.52. The molecule has 116 valence electrons. The lowest BCUT2D eigenvalue weighted by atomic mass is 9.99. The van der Waals surface area contributed by atoms with Gasteiger partial charge in [0.15, 0.2) is 0 Å². The summed E-state index contributed by atoms with van der Waals surface area (Å²) in [6.45, 7) is 5.25. The first kappa shape index (κ1) is 14.8. The summed E-state index contributed by atoms with van der Waals surface area (Å²) in [5.41, 5.74) is 0.700. The van der Waals surface area contributed by atoms with Crippen LogP contribution in [-0.4, -0.2) is 47.1 Å². The van der Waals surface area contributed by atoms with E-state index >= 15 is 0 Å². The summed E-state index contributed by atoms with van der Waals surface area (Å²) >= 11 is 0. The molecule has 0 aromatic heterocycles. The number of halogens is 1. The summed E-state index contributed by atoms with van der Waals surface area (Å²) in [5.74, 6) is -0.0689. The van der Waals surface area contributed by atoms with E-state index in [0.29, 0.717) is 12.1 Å². The van der Waals surface area contributed by atoms with Gasteiger partial charge in [-0.15, -0.1) is 0 Å². The largest absolute Gasteiger partial charge is 0.508 e. The van der Waals surface area contributed by atoms with Crippen LogP contribution in [-0.2, 0) is 6.54 Å². The minimum absolute atomic E-state index is 0.203. The lowest BCUT2D eigenvalue weighted by Crippen LogP contribution is -2.46. The van der Waals surface area contributed by atoms with Crippen molar-refractivity contribution in [3.63, 3.8) is 0 Å². The third-order valence-electron chi connectivity index (χ3n) is 4.90. The van der Waals surface area contributed by atoms with Crippen LogP contribution in [0.2, 0.25) is 0 Å². The van der Waals surface area contributed by atoms with E-state index in [1.165, 1.54) is 63.4 Å². The van der Waals surface area contributed by atoms with E-state index in [-0.39, 0.29) is 11.6 Å². The summed E-state index contributed by atoms with van der Waals surface area (Å²) in [5, 5.41) is 9.82. The van der Waals surface area contributed by atoms with Crippen LogP contribution in [0, 0.1) is 5.82 Å². The maximum Gasteiger partial charge on any atom is 0.123 e. The summed E-state index contributed by atoms with van der Waals surface area (Å²) in [7, 11) is 0. The number of hydrogen-bond donors (Lipinski definition) is 1. The van der Waals surface area contributed by atoms with E-state index in [2.05, 4.69) is 9.80 Å². The van der Waals surface area contributed by atoms with E-state index in [9.17, 15) is 9.50 Å². The molecule has 0 amide bonds. The molecule has 1 aromatic rings. The number of rotatable bonds is 3. The van der Waals surface area contributed by atoms with Gasteiger partial charge in [-0.3, -0.25) is 4.90 Å². The normalized spacial score (nSPS) is 22.5. The molecular weight excluding hydrogens is 267 g/mol. The predicted molar refractivity (Wildman–Crippen MR) is 81.8 cm³/mol. The van der Waals surface area contributed by atoms with Gasteiger partial charge in [0.2, 0.25) is 0 Å². The smallest absolute Gasteiger partial charge is 0.123 e. The molecule has 0 saturated carbocycles. The molecule has 2 saturated heterocycles. The molecule has 3 nitrogen and oxygen atoms in total. The fraction of sp³-hybridized carbons (Fsp3) is 0.647. The molecule has 4 heteroatoms. The first-order valence-electron chi connectivity index (χ1n) is 8.16. The molecular formula is C17H25FN2O. The van der Waals surface area contributed by atoms with Crippen molar-refractivity contribution >= 4 is 0 Å². The molecule has 0 radical (unpaired) electrons. The minimum atomic E-state index is -0.272. The second-order valence-corrected chi connectivity index (χ2v) is 6.38. The number of piperidine rings is 2. The van der Waals surface area contributed by atoms with Crippen molar-refractivity contribution in [2.24, 2.45) is 0 Å². The van der Waals surface area contributed by atoms with Gasteiger partial charge in [0.25, 0.3) is 0 Å². The maximum absolute atomic E-state index is 13.3. The highest BCUT2D eigenvalue weighted by Crippen LogP contribution is 2.24. The van der Waals surface area contributed by atoms with E-state index < -0.39 is 0 Å². The van der Waals surface area contributed by atoms with Crippen molar-refractivity contribution in [2.45, 2.75) is 44.7 Å². The van der Waals surface area contributed by atoms with E-state index in [4.69, 9.17) is 0 Å². The third kappa shape index (κ3) is 3.74. The average molecular weight is 292 g/mol. The van der Waals surface area contributed by atoms with Crippen molar-refractivity contribution in [1.82, 2.24) is 9.80 Å². The third-order valence-corrected chi connectivity index (χ3v) is 4.90. The fourth-order valence-corrected chi connectivity index (χ4v) is 3.65. The Kier molecular flexibility index (Phi) is 4.76. The zero-order valence-corrected chi connectivity index (χ0v) is 12.6. The zero-order valence-electron chi connectivity index (χ0n) is 12.6. The Labute approximate surface area is 126 Å². The second kappa shape index (κ2) is 6.75. The van der Waals surface area contributed by atoms with E-state index in [0.717, 1.165) is 19.1 Å². The van der Waals surface area contributed by atoms with Gasteiger partial charge in [0, 0.05) is 18.2 Å². The summed E-state index contributed by atoms with van der Waals surface area (Å²) < 4.78 is 13.3. The molecule has 0 atom stereocenters. The molecule has 2 aliphatic rings. The van der Waals surface area contributed by atoms with Crippen molar-refractivity contribution in [1.29, 1.82) is 0 Å². The van der Waals surface area contributed by atoms with E-state index in [1.54, 1.807) is 0 Å². The first-order chi connectivity index (χ1) is 10.2. The Morgan fingerprint density at radius 2 is 1.76 bits per heavy atom. The van der Waals surface area contributed by atoms with Gasteiger partial charge >= 0.3 is 0 Å². The van der Waals surface area contributed by atoms with Gasteiger partial charge in [0.1, 0.15) is 11.6 Å². The summed E-state index contributed by atoms with van der Waals surface area (Å²) in [6.07, 6.45) is 6.45. The Morgan fingerprint density at radius 1 is 1.05 bits per heavy atom. The number of phenols is 1. The van der Waals surface area contributed by atoms with Crippen LogP contribution in [0.4, 0.5) is 4.39 Å². The monoisotopic (exact) mass is 292 g/mol. The van der Waals surface area contributed by atoms with E-state index in [1.807, 2.05) is 0 Å². The highest BCUT2D eigenvalue weighted by atomic mass is 19.1. The lowest BCUT2D eigenvalue weighted by Gasteiger charge is -2.40. The Morgan fingerprint density at radius 3 is 2.48 bits per heavy atom. The predicted octanol–water partition coefficient (Wildman–Crippen LogP) is 2.98. The van der Waals surface area contributed by atoms with Gasteiger partial charge in [-0.05, 0) is 70.1 Å². The SMILES string of the molecule is Oc1ccc(F)cc1CN1CCC(N2CCCCC2)CC1. The minimum Gasteiger partial charge on any atom is -0.508 e. The first-order valence-corrected chi connectivity index (χ1v) is 8.16. The molecule has 1 aromatic carbocycles. The molecule has 0 aliphatic carbocycles. The van der Waals surface area contributed by atoms with Crippen molar-refractivity contribution < 1.29 is 9.50 Å². The quantitative estimate of drug-likeness (QED) is 0.928. The van der Waals surface area contributed by atoms with Crippen molar-refractivity contribution in [3.8, 4) is 5.75 Å². The van der Waals surface area contributed by atoms with Gasteiger partial charge in [-0.2, -0.15) is 0 Å².